The molecular formula is C21H18N2O2S. The van der Waals surface area contributed by atoms with Gasteiger partial charge in [0.15, 0.2) is 0 Å². The molecule has 5 heteroatoms. The maximum absolute atomic E-state index is 12.6. The third-order valence-electron chi connectivity index (χ3n) is 4.24. The Morgan fingerprint density at radius 2 is 1.81 bits per heavy atom. The second-order valence-electron chi connectivity index (χ2n) is 6.36. The molecule has 0 spiro atoms. The van der Waals surface area contributed by atoms with Crippen LogP contribution < -0.4 is 0 Å². The zero-order valence-corrected chi connectivity index (χ0v) is 15.4. The molecule has 0 bridgehead atoms. The quantitative estimate of drug-likeness (QED) is 0.725. The highest BCUT2D eigenvalue weighted by Gasteiger charge is 2.35. The van der Waals surface area contributed by atoms with Crippen LogP contribution in [0.2, 0.25) is 0 Å². The molecule has 1 aliphatic rings. The molecular weight excluding hydrogens is 344 g/mol. The molecule has 1 saturated heterocycles. The summed E-state index contributed by atoms with van der Waals surface area (Å²) >= 11 is 0.935. The summed E-state index contributed by atoms with van der Waals surface area (Å²) in [6, 6.07) is 17.1. The van der Waals surface area contributed by atoms with E-state index in [1.165, 1.54) is 10.5 Å². The van der Waals surface area contributed by atoms with Gasteiger partial charge in [-0.2, -0.15) is 5.26 Å². The predicted molar refractivity (Wildman–Crippen MR) is 103 cm³/mol. The molecule has 0 unspecified atom stereocenters. The molecule has 1 heterocycles. The lowest BCUT2D eigenvalue weighted by Gasteiger charge is -2.13. The van der Waals surface area contributed by atoms with Gasteiger partial charge in [0.1, 0.15) is 0 Å². The number of carbonyl (C=O) groups excluding carboxylic acids is 2. The lowest BCUT2D eigenvalue weighted by molar-refractivity contribution is -0.123. The fourth-order valence-electron chi connectivity index (χ4n) is 2.70. The van der Waals surface area contributed by atoms with Crippen molar-refractivity contribution >= 4 is 29.0 Å². The highest BCUT2D eigenvalue weighted by atomic mass is 32.2. The lowest BCUT2D eigenvalue weighted by Crippen LogP contribution is -2.27. The van der Waals surface area contributed by atoms with Crippen molar-refractivity contribution in [2.24, 2.45) is 0 Å². The number of amides is 2. The SMILES string of the molecule is CC(C)c1ccc(/C=C2/SC(=O)N(Cc3ccccc3C#N)C2=O)cc1. The second-order valence-corrected chi connectivity index (χ2v) is 7.35. The van der Waals surface area contributed by atoms with E-state index in [0.29, 0.717) is 21.9 Å². The number of carbonyl (C=O) groups is 2. The zero-order valence-electron chi connectivity index (χ0n) is 14.6. The fourth-order valence-corrected chi connectivity index (χ4v) is 3.54. The minimum absolute atomic E-state index is 0.109. The van der Waals surface area contributed by atoms with Crippen molar-refractivity contribution in [2.45, 2.75) is 26.3 Å². The smallest absolute Gasteiger partial charge is 0.268 e. The second kappa shape index (κ2) is 7.59. The number of thioether (sulfide) groups is 1. The van der Waals surface area contributed by atoms with E-state index in [1.54, 1.807) is 30.3 Å². The normalized spacial score (nSPS) is 15.8. The van der Waals surface area contributed by atoms with Crippen LogP contribution in [0, 0.1) is 11.3 Å². The van der Waals surface area contributed by atoms with Gasteiger partial charge in [-0.25, -0.2) is 0 Å². The third kappa shape index (κ3) is 3.71. The van der Waals surface area contributed by atoms with Crippen molar-refractivity contribution in [3.63, 3.8) is 0 Å². The molecule has 2 aromatic carbocycles. The molecule has 0 saturated carbocycles. The Bertz CT molecular complexity index is 924. The maximum atomic E-state index is 12.6. The Hall–Kier alpha value is -2.84. The van der Waals surface area contributed by atoms with E-state index >= 15 is 0 Å². The highest BCUT2D eigenvalue weighted by molar-refractivity contribution is 8.18. The van der Waals surface area contributed by atoms with Gasteiger partial charge in [0.25, 0.3) is 11.1 Å². The van der Waals surface area contributed by atoms with Gasteiger partial charge >= 0.3 is 0 Å². The van der Waals surface area contributed by atoms with Gasteiger partial charge in [-0.3, -0.25) is 14.5 Å². The molecule has 0 atom stereocenters. The number of rotatable bonds is 4. The largest absolute Gasteiger partial charge is 0.293 e. The Kier molecular flexibility index (Phi) is 5.24. The third-order valence-corrected chi connectivity index (χ3v) is 5.15. The van der Waals surface area contributed by atoms with Crippen LogP contribution in [0.25, 0.3) is 6.08 Å². The Balaban J connectivity index is 1.81. The van der Waals surface area contributed by atoms with Crippen molar-refractivity contribution < 1.29 is 9.59 Å². The van der Waals surface area contributed by atoms with E-state index in [4.69, 9.17) is 0 Å². The molecule has 4 nitrogen and oxygen atoms in total. The zero-order chi connectivity index (χ0) is 18.7. The van der Waals surface area contributed by atoms with E-state index in [1.807, 2.05) is 24.3 Å². The van der Waals surface area contributed by atoms with Crippen molar-refractivity contribution in [2.75, 3.05) is 0 Å². The highest BCUT2D eigenvalue weighted by Crippen LogP contribution is 2.33. The summed E-state index contributed by atoms with van der Waals surface area (Å²) < 4.78 is 0. The van der Waals surface area contributed by atoms with Gasteiger partial charge in [0, 0.05) is 0 Å². The summed E-state index contributed by atoms with van der Waals surface area (Å²) in [5.41, 5.74) is 3.25. The molecule has 26 heavy (non-hydrogen) atoms. The topological polar surface area (TPSA) is 61.2 Å². The van der Waals surface area contributed by atoms with Gasteiger partial charge in [0.2, 0.25) is 0 Å². The van der Waals surface area contributed by atoms with Crippen LogP contribution in [0.4, 0.5) is 4.79 Å². The number of imide groups is 1. The van der Waals surface area contributed by atoms with E-state index < -0.39 is 0 Å². The van der Waals surface area contributed by atoms with Crippen molar-refractivity contribution in [3.05, 3.63) is 75.7 Å². The van der Waals surface area contributed by atoms with Gasteiger partial charge in [-0.15, -0.1) is 0 Å². The molecule has 1 fully saturated rings. The average molecular weight is 362 g/mol. The first kappa shape index (κ1) is 18.0. The number of nitrogens with zero attached hydrogens (tertiary/aromatic N) is 2. The fraction of sp³-hybridized carbons (Fsp3) is 0.190. The van der Waals surface area contributed by atoms with Crippen molar-refractivity contribution in [1.82, 2.24) is 4.90 Å². The summed E-state index contributed by atoms with van der Waals surface area (Å²) in [5.74, 6) is 0.122. The summed E-state index contributed by atoms with van der Waals surface area (Å²) in [6.07, 6.45) is 1.74. The molecule has 2 amide bonds. The molecule has 0 N–H and O–H groups in total. The summed E-state index contributed by atoms with van der Waals surface area (Å²) in [6.45, 7) is 4.36. The van der Waals surface area contributed by atoms with E-state index in [-0.39, 0.29) is 17.7 Å². The minimum Gasteiger partial charge on any atom is -0.268 e. The van der Waals surface area contributed by atoms with Crippen LogP contribution in [-0.4, -0.2) is 16.0 Å². The van der Waals surface area contributed by atoms with Crippen molar-refractivity contribution in [3.8, 4) is 6.07 Å². The van der Waals surface area contributed by atoms with Crippen LogP contribution >= 0.6 is 11.8 Å². The van der Waals surface area contributed by atoms with Crippen molar-refractivity contribution in [1.29, 1.82) is 5.26 Å². The standard InChI is InChI=1S/C21H18N2O2S/c1-14(2)16-9-7-15(8-10-16)11-19-20(24)23(21(25)26-19)13-18-6-4-3-5-17(18)12-22/h3-11,14H,13H2,1-2H3/b19-11+. The molecule has 3 rings (SSSR count). The molecule has 0 aliphatic carbocycles. The number of hydrogen-bond acceptors (Lipinski definition) is 4. The Morgan fingerprint density at radius 1 is 1.12 bits per heavy atom. The summed E-state index contributed by atoms with van der Waals surface area (Å²) in [7, 11) is 0. The first-order valence-corrected chi connectivity index (χ1v) is 9.14. The van der Waals surface area contributed by atoms with Gasteiger partial charge in [-0.1, -0.05) is 56.3 Å². The first-order valence-electron chi connectivity index (χ1n) is 8.33. The van der Waals surface area contributed by atoms with Gasteiger partial charge in [0.05, 0.1) is 23.1 Å². The van der Waals surface area contributed by atoms with E-state index in [2.05, 4.69) is 19.9 Å². The summed E-state index contributed by atoms with van der Waals surface area (Å²) in [5, 5.41) is 8.87. The van der Waals surface area contributed by atoms with E-state index in [9.17, 15) is 14.9 Å². The van der Waals surface area contributed by atoms with Gasteiger partial charge < -0.3 is 0 Å². The Labute approximate surface area is 157 Å². The van der Waals surface area contributed by atoms with Crippen LogP contribution in [0.3, 0.4) is 0 Å². The number of nitriles is 1. The molecule has 130 valence electrons. The van der Waals surface area contributed by atoms with Crippen LogP contribution in [0.15, 0.2) is 53.4 Å². The predicted octanol–water partition coefficient (Wildman–Crippen LogP) is 4.92. The van der Waals surface area contributed by atoms with Crippen LogP contribution in [0.1, 0.15) is 42.0 Å². The van der Waals surface area contributed by atoms with E-state index in [0.717, 1.165) is 17.3 Å². The molecule has 2 aromatic rings. The lowest BCUT2D eigenvalue weighted by atomic mass is 10.0. The number of hydrogen-bond donors (Lipinski definition) is 0. The van der Waals surface area contributed by atoms with Gasteiger partial charge in [-0.05, 0) is 46.5 Å². The monoisotopic (exact) mass is 362 g/mol. The maximum Gasteiger partial charge on any atom is 0.293 e. The number of benzene rings is 2. The van der Waals surface area contributed by atoms with Crippen LogP contribution in [-0.2, 0) is 11.3 Å². The molecule has 0 aromatic heterocycles. The Morgan fingerprint density at radius 3 is 2.46 bits per heavy atom. The summed E-state index contributed by atoms with van der Waals surface area (Å²) in [4.78, 5) is 26.5. The average Bonchev–Trinajstić information content (AvgIpc) is 2.90. The minimum atomic E-state index is -0.319. The first-order chi connectivity index (χ1) is 12.5. The molecule has 1 aliphatic heterocycles. The molecule has 0 radical (unpaired) electrons. The van der Waals surface area contributed by atoms with Crippen LogP contribution in [0.5, 0.6) is 0 Å².